The van der Waals surface area contributed by atoms with Crippen LogP contribution in [0.25, 0.3) is 22.0 Å². The summed E-state index contributed by atoms with van der Waals surface area (Å²) >= 11 is 0. The van der Waals surface area contributed by atoms with Gasteiger partial charge in [-0.05, 0) is 11.6 Å². The van der Waals surface area contributed by atoms with Crippen LogP contribution in [0.2, 0.25) is 0 Å². The van der Waals surface area contributed by atoms with Crippen molar-refractivity contribution in [3.05, 3.63) is 104 Å². The molecule has 0 saturated heterocycles. The average molecular weight is 429 g/mol. The van der Waals surface area contributed by atoms with Gasteiger partial charge in [-0.25, -0.2) is 5.43 Å². The molecule has 0 saturated carbocycles. The van der Waals surface area contributed by atoms with Gasteiger partial charge in [-0.2, -0.15) is 5.10 Å². The highest BCUT2D eigenvalue weighted by Crippen LogP contribution is 2.34. The molecule has 4 aromatic rings. The maximum Gasteiger partial charge on any atom is 0.288 e. The van der Waals surface area contributed by atoms with E-state index in [9.17, 15) is 25.0 Å². The summed E-state index contributed by atoms with van der Waals surface area (Å²) in [4.78, 5) is 37.0. The fourth-order valence-electron chi connectivity index (χ4n) is 3.31. The average Bonchev–Trinajstić information content (AvgIpc) is 3.18. The second kappa shape index (κ2) is 8.48. The summed E-state index contributed by atoms with van der Waals surface area (Å²) < 4.78 is 0. The number of nitrogens with one attached hydrogen (secondary N) is 2. The molecule has 4 rings (SSSR count). The molecule has 0 atom stereocenters. The number of fused-ring (bicyclic) bond motifs is 1. The van der Waals surface area contributed by atoms with Gasteiger partial charge >= 0.3 is 0 Å². The molecule has 0 aliphatic rings. The van der Waals surface area contributed by atoms with E-state index in [1.165, 1.54) is 36.5 Å². The van der Waals surface area contributed by atoms with Crippen molar-refractivity contribution in [1.29, 1.82) is 0 Å². The minimum absolute atomic E-state index is 0.0932. The maximum absolute atomic E-state index is 12.9. The largest absolute Gasteiger partial charge is 0.350 e. The van der Waals surface area contributed by atoms with Crippen LogP contribution in [0.5, 0.6) is 0 Å². The molecule has 1 heterocycles. The zero-order valence-electron chi connectivity index (χ0n) is 16.4. The van der Waals surface area contributed by atoms with Gasteiger partial charge in [-0.1, -0.05) is 42.5 Å². The Balaban J connectivity index is 1.70. The number of rotatable bonds is 6. The highest BCUT2D eigenvalue weighted by molar-refractivity contribution is 6.10. The number of aromatic amines is 1. The van der Waals surface area contributed by atoms with Gasteiger partial charge in [0.05, 0.1) is 16.1 Å². The number of nitro groups is 2. The van der Waals surface area contributed by atoms with Gasteiger partial charge in [0, 0.05) is 46.3 Å². The van der Waals surface area contributed by atoms with Gasteiger partial charge in [0.15, 0.2) is 0 Å². The van der Waals surface area contributed by atoms with E-state index in [0.29, 0.717) is 27.6 Å². The number of hydrogen-bond acceptors (Lipinski definition) is 6. The van der Waals surface area contributed by atoms with Crippen molar-refractivity contribution >= 4 is 34.4 Å². The number of amides is 1. The van der Waals surface area contributed by atoms with E-state index in [1.54, 1.807) is 36.4 Å². The molecular formula is C22H15N5O5. The quantitative estimate of drug-likeness (QED) is 0.265. The van der Waals surface area contributed by atoms with Crippen molar-refractivity contribution in [2.75, 3.05) is 0 Å². The van der Waals surface area contributed by atoms with Crippen LogP contribution in [0.15, 0.2) is 77.9 Å². The van der Waals surface area contributed by atoms with Crippen molar-refractivity contribution in [3.8, 4) is 11.1 Å². The fraction of sp³-hybridized carbons (Fsp3) is 0. The standard InChI is InChI=1S/C22H15N5O5/c28-22(25-23-13-14-5-4-8-16(11-14)26(29)30)21-20(15-6-2-1-3-7-15)18-12-17(27(31)32)9-10-19(18)24-21/h1-13,24H,(H,25,28)/b23-13-. The van der Waals surface area contributed by atoms with E-state index >= 15 is 0 Å². The first kappa shape index (κ1) is 20.4. The number of H-pyrrole nitrogens is 1. The maximum atomic E-state index is 12.9. The summed E-state index contributed by atoms with van der Waals surface area (Å²) in [5.74, 6) is -0.565. The lowest BCUT2D eigenvalue weighted by molar-refractivity contribution is -0.385. The third-order valence-electron chi connectivity index (χ3n) is 4.74. The van der Waals surface area contributed by atoms with Crippen LogP contribution in [0, 0.1) is 20.2 Å². The molecule has 0 radical (unpaired) electrons. The van der Waals surface area contributed by atoms with Gasteiger partial charge in [0.1, 0.15) is 5.69 Å². The lowest BCUT2D eigenvalue weighted by atomic mass is 10.0. The number of hydrazone groups is 1. The highest BCUT2D eigenvalue weighted by Gasteiger charge is 2.21. The molecule has 10 nitrogen and oxygen atoms in total. The van der Waals surface area contributed by atoms with E-state index in [0.717, 1.165) is 0 Å². The summed E-state index contributed by atoms with van der Waals surface area (Å²) in [5.41, 5.74) is 4.60. The molecule has 2 N–H and O–H groups in total. The Morgan fingerprint density at radius 3 is 2.34 bits per heavy atom. The molecule has 1 aromatic heterocycles. The second-order valence-corrected chi connectivity index (χ2v) is 6.78. The highest BCUT2D eigenvalue weighted by atomic mass is 16.6. The van der Waals surface area contributed by atoms with Crippen LogP contribution in [0.3, 0.4) is 0 Å². The number of carbonyl (C=O) groups is 1. The number of non-ortho nitro benzene ring substituents is 2. The Bertz CT molecular complexity index is 1380. The van der Waals surface area contributed by atoms with E-state index in [-0.39, 0.29) is 17.1 Å². The number of nitrogens with zero attached hydrogens (tertiary/aromatic N) is 3. The van der Waals surface area contributed by atoms with Gasteiger partial charge in [0.2, 0.25) is 0 Å². The summed E-state index contributed by atoms with van der Waals surface area (Å²) in [5, 5.41) is 26.5. The zero-order chi connectivity index (χ0) is 22.7. The van der Waals surface area contributed by atoms with Crippen LogP contribution in [0.4, 0.5) is 11.4 Å². The van der Waals surface area contributed by atoms with Crippen LogP contribution in [0.1, 0.15) is 16.1 Å². The SMILES string of the molecule is O=C(N/N=C\c1cccc([N+](=O)[O-])c1)c1[nH]c2ccc([N+](=O)[O-])cc2c1-c1ccccc1. The summed E-state index contributed by atoms with van der Waals surface area (Å²) in [7, 11) is 0. The second-order valence-electron chi connectivity index (χ2n) is 6.78. The van der Waals surface area contributed by atoms with Crippen molar-refractivity contribution in [2.24, 2.45) is 5.10 Å². The fourth-order valence-corrected chi connectivity index (χ4v) is 3.31. The molecule has 3 aromatic carbocycles. The van der Waals surface area contributed by atoms with Crippen molar-refractivity contribution < 1.29 is 14.6 Å². The first-order valence-corrected chi connectivity index (χ1v) is 9.37. The first-order chi connectivity index (χ1) is 15.4. The molecule has 1 amide bonds. The summed E-state index contributed by atoms with van der Waals surface area (Å²) in [6.45, 7) is 0. The smallest absolute Gasteiger partial charge is 0.288 e. The van der Waals surface area contributed by atoms with Gasteiger partial charge in [0.25, 0.3) is 17.3 Å². The van der Waals surface area contributed by atoms with Gasteiger partial charge in [-0.15, -0.1) is 0 Å². The first-order valence-electron chi connectivity index (χ1n) is 9.37. The zero-order valence-corrected chi connectivity index (χ0v) is 16.4. The van der Waals surface area contributed by atoms with Crippen molar-refractivity contribution in [3.63, 3.8) is 0 Å². The van der Waals surface area contributed by atoms with Crippen molar-refractivity contribution in [1.82, 2.24) is 10.4 Å². The molecule has 0 bridgehead atoms. The third-order valence-corrected chi connectivity index (χ3v) is 4.74. The number of carbonyl (C=O) groups excluding carboxylic acids is 1. The molecular weight excluding hydrogens is 414 g/mol. The number of hydrogen-bond donors (Lipinski definition) is 2. The molecule has 0 spiro atoms. The van der Waals surface area contributed by atoms with Gasteiger partial charge in [-0.3, -0.25) is 25.0 Å². The van der Waals surface area contributed by atoms with E-state index < -0.39 is 15.8 Å². The van der Waals surface area contributed by atoms with Crippen LogP contribution >= 0.6 is 0 Å². The predicted molar refractivity (Wildman–Crippen MR) is 119 cm³/mol. The van der Waals surface area contributed by atoms with E-state index in [1.807, 2.05) is 6.07 Å². The molecule has 0 aliphatic heterocycles. The monoisotopic (exact) mass is 429 g/mol. The van der Waals surface area contributed by atoms with Gasteiger partial charge < -0.3 is 4.98 Å². The normalized spacial score (nSPS) is 11.0. The minimum Gasteiger partial charge on any atom is -0.350 e. The Kier molecular flexibility index (Phi) is 5.41. The Hall–Kier alpha value is -4.86. The lowest BCUT2D eigenvalue weighted by Gasteiger charge is -2.04. The van der Waals surface area contributed by atoms with Crippen molar-refractivity contribution in [2.45, 2.75) is 0 Å². The molecule has 10 heteroatoms. The Labute approximate surface area is 180 Å². The molecule has 158 valence electrons. The third kappa shape index (κ3) is 4.05. The molecule has 0 unspecified atom stereocenters. The number of benzene rings is 3. The lowest BCUT2D eigenvalue weighted by Crippen LogP contribution is -2.18. The predicted octanol–water partition coefficient (Wildman–Crippen LogP) is 4.42. The van der Waals surface area contributed by atoms with Crippen LogP contribution in [-0.2, 0) is 0 Å². The van der Waals surface area contributed by atoms with E-state index in [4.69, 9.17) is 0 Å². The Morgan fingerprint density at radius 2 is 1.62 bits per heavy atom. The summed E-state index contributed by atoms with van der Waals surface area (Å²) in [6.07, 6.45) is 1.29. The van der Waals surface area contributed by atoms with E-state index in [2.05, 4.69) is 15.5 Å². The Morgan fingerprint density at radius 1 is 0.906 bits per heavy atom. The van der Waals surface area contributed by atoms with Crippen LogP contribution < -0.4 is 5.43 Å². The minimum atomic E-state index is -0.565. The van der Waals surface area contributed by atoms with Crippen LogP contribution in [-0.4, -0.2) is 27.0 Å². The number of nitro benzene ring substituents is 2. The summed E-state index contributed by atoms with van der Waals surface area (Å²) in [6, 6.07) is 19.1. The molecule has 0 aliphatic carbocycles. The topological polar surface area (TPSA) is 144 Å². The molecule has 32 heavy (non-hydrogen) atoms. The molecule has 0 fully saturated rings. The number of aromatic nitrogens is 1.